The van der Waals surface area contributed by atoms with Gasteiger partial charge in [-0.05, 0) is 63.9 Å². The summed E-state index contributed by atoms with van der Waals surface area (Å²) >= 11 is 3.60. The quantitative estimate of drug-likeness (QED) is 0.876. The molecule has 0 aliphatic rings. The molecular formula is C12H23BrN4. The van der Waals surface area contributed by atoms with Crippen molar-refractivity contribution < 1.29 is 0 Å². The fraction of sp³-hybridized carbons (Fsp3) is 0.750. The maximum Gasteiger partial charge on any atom is 0.0699 e. The van der Waals surface area contributed by atoms with E-state index in [0.29, 0.717) is 12.1 Å². The van der Waals surface area contributed by atoms with Gasteiger partial charge in [0.2, 0.25) is 0 Å². The average molecular weight is 303 g/mol. The summed E-state index contributed by atoms with van der Waals surface area (Å²) in [6, 6.07) is 0.711. The molecule has 0 fully saturated rings. The minimum atomic E-state index is 0.330. The average Bonchev–Trinajstić information content (AvgIpc) is 2.62. The van der Waals surface area contributed by atoms with Crippen LogP contribution >= 0.6 is 15.9 Å². The van der Waals surface area contributed by atoms with E-state index >= 15 is 0 Å². The maximum absolute atomic E-state index is 4.43. The molecule has 17 heavy (non-hydrogen) atoms. The Hall–Kier alpha value is -0.390. The third-order valence-corrected chi connectivity index (χ3v) is 3.43. The molecule has 1 aromatic rings. The summed E-state index contributed by atoms with van der Waals surface area (Å²) < 4.78 is 3.17. The topological polar surface area (TPSA) is 33.1 Å². The van der Waals surface area contributed by atoms with E-state index in [2.05, 4.69) is 63.9 Å². The standard InChI is InChI=1S/C12H23BrN4/c1-9(2)17-12(10(13)8-15-17)11(14-3)6-7-16(4)5/h8-9,11,14H,6-7H2,1-5H3. The van der Waals surface area contributed by atoms with Gasteiger partial charge in [-0.15, -0.1) is 0 Å². The first-order valence-corrected chi connectivity index (χ1v) is 6.81. The Kier molecular flexibility index (Phi) is 5.62. The lowest BCUT2D eigenvalue weighted by atomic mass is 10.1. The van der Waals surface area contributed by atoms with Gasteiger partial charge < -0.3 is 10.2 Å². The summed E-state index contributed by atoms with van der Waals surface area (Å²) in [5.41, 5.74) is 1.24. The van der Waals surface area contributed by atoms with Crippen molar-refractivity contribution in [3.05, 3.63) is 16.4 Å². The summed E-state index contributed by atoms with van der Waals surface area (Å²) in [5, 5.41) is 7.81. The Morgan fingerprint density at radius 2 is 2.12 bits per heavy atom. The zero-order chi connectivity index (χ0) is 13.0. The molecule has 5 heteroatoms. The molecule has 1 heterocycles. The van der Waals surface area contributed by atoms with Crippen molar-refractivity contribution in [2.24, 2.45) is 0 Å². The number of aromatic nitrogens is 2. The first-order chi connectivity index (χ1) is 7.97. The molecule has 98 valence electrons. The first kappa shape index (κ1) is 14.7. The second kappa shape index (κ2) is 6.52. The number of rotatable bonds is 6. The molecule has 1 N–H and O–H groups in total. The van der Waals surface area contributed by atoms with Gasteiger partial charge in [-0.25, -0.2) is 0 Å². The normalized spacial score (nSPS) is 13.6. The van der Waals surface area contributed by atoms with Crippen molar-refractivity contribution in [1.29, 1.82) is 0 Å². The molecule has 0 aromatic carbocycles. The van der Waals surface area contributed by atoms with Crippen LogP contribution in [0.3, 0.4) is 0 Å². The van der Waals surface area contributed by atoms with Crippen molar-refractivity contribution in [2.75, 3.05) is 27.7 Å². The fourth-order valence-corrected chi connectivity index (χ4v) is 2.44. The molecule has 0 radical (unpaired) electrons. The van der Waals surface area contributed by atoms with Crippen molar-refractivity contribution in [2.45, 2.75) is 32.4 Å². The lowest BCUT2D eigenvalue weighted by Crippen LogP contribution is -2.26. The molecular weight excluding hydrogens is 280 g/mol. The Bertz CT molecular complexity index is 346. The second-order valence-electron chi connectivity index (χ2n) is 4.85. The molecule has 0 aliphatic heterocycles. The Morgan fingerprint density at radius 1 is 1.47 bits per heavy atom. The highest BCUT2D eigenvalue weighted by molar-refractivity contribution is 9.10. The highest BCUT2D eigenvalue weighted by atomic mass is 79.9. The van der Waals surface area contributed by atoms with Gasteiger partial charge in [-0.1, -0.05) is 0 Å². The molecule has 0 saturated heterocycles. The van der Waals surface area contributed by atoms with Crippen LogP contribution in [0.2, 0.25) is 0 Å². The summed E-state index contributed by atoms with van der Waals surface area (Å²) in [7, 11) is 6.20. The monoisotopic (exact) mass is 302 g/mol. The predicted octanol–water partition coefficient (Wildman–Crippen LogP) is 2.44. The fourth-order valence-electron chi connectivity index (χ4n) is 1.89. The molecule has 1 rings (SSSR count). The van der Waals surface area contributed by atoms with Crippen LogP contribution in [-0.4, -0.2) is 42.4 Å². The van der Waals surface area contributed by atoms with E-state index < -0.39 is 0 Å². The third-order valence-electron chi connectivity index (χ3n) is 2.82. The van der Waals surface area contributed by atoms with Gasteiger partial charge in [0.1, 0.15) is 0 Å². The lowest BCUT2D eigenvalue weighted by molar-refractivity contribution is 0.355. The second-order valence-corrected chi connectivity index (χ2v) is 5.70. The third kappa shape index (κ3) is 3.79. The Balaban J connectivity index is 2.90. The van der Waals surface area contributed by atoms with E-state index in [9.17, 15) is 0 Å². The van der Waals surface area contributed by atoms with Crippen molar-refractivity contribution >= 4 is 15.9 Å². The Labute approximate surface area is 113 Å². The van der Waals surface area contributed by atoms with E-state index in [1.165, 1.54) is 5.69 Å². The highest BCUT2D eigenvalue weighted by Crippen LogP contribution is 2.27. The molecule has 1 unspecified atom stereocenters. The van der Waals surface area contributed by atoms with Gasteiger partial charge in [0.05, 0.1) is 22.4 Å². The van der Waals surface area contributed by atoms with Crippen molar-refractivity contribution in [3.63, 3.8) is 0 Å². The van der Waals surface area contributed by atoms with E-state index in [0.717, 1.165) is 17.4 Å². The SMILES string of the molecule is CNC(CCN(C)C)c1c(Br)cnn1C(C)C. The van der Waals surface area contributed by atoms with Crippen LogP contribution in [0.5, 0.6) is 0 Å². The van der Waals surface area contributed by atoms with E-state index in [1.54, 1.807) is 0 Å². The first-order valence-electron chi connectivity index (χ1n) is 6.02. The van der Waals surface area contributed by atoms with E-state index in [4.69, 9.17) is 0 Å². The van der Waals surface area contributed by atoms with Gasteiger partial charge in [0.25, 0.3) is 0 Å². The number of hydrogen-bond acceptors (Lipinski definition) is 3. The maximum atomic E-state index is 4.43. The van der Waals surface area contributed by atoms with Gasteiger partial charge in [0.15, 0.2) is 0 Å². The molecule has 4 nitrogen and oxygen atoms in total. The lowest BCUT2D eigenvalue weighted by Gasteiger charge is -2.22. The summed E-state index contributed by atoms with van der Waals surface area (Å²) in [6.07, 6.45) is 2.95. The Morgan fingerprint density at radius 3 is 2.59 bits per heavy atom. The molecule has 1 aromatic heterocycles. The predicted molar refractivity (Wildman–Crippen MR) is 75.3 cm³/mol. The smallest absolute Gasteiger partial charge is 0.0699 e. The molecule has 0 bridgehead atoms. The molecule has 0 saturated carbocycles. The van der Waals surface area contributed by atoms with Gasteiger partial charge >= 0.3 is 0 Å². The minimum absolute atomic E-state index is 0.330. The van der Waals surface area contributed by atoms with Crippen LogP contribution in [0.15, 0.2) is 10.7 Å². The van der Waals surface area contributed by atoms with Crippen molar-refractivity contribution in [3.8, 4) is 0 Å². The number of nitrogens with zero attached hydrogens (tertiary/aromatic N) is 3. The molecule has 0 spiro atoms. The highest BCUT2D eigenvalue weighted by Gasteiger charge is 2.19. The van der Waals surface area contributed by atoms with Crippen LogP contribution in [0.1, 0.15) is 38.0 Å². The van der Waals surface area contributed by atoms with Crippen LogP contribution < -0.4 is 5.32 Å². The number of halogens is 1. The number of hydrogen-bond donors (Lipinski definition) is 1. The molecule has 0 aliphatic carbocycles. The van der Waals surface area contributed by atoms with Crippen molar-refractivity contribution in [1.82, 2.24) is 20.0 Å². The van der Waals surface area contributed by atoms with Crippen LogP contribution in [0, 0.1) is 0 Å². The van der Waals surface area contributed by atoms with Crippen LogP contribution in [0.4, 0.5) is 0 Å². The zero-order valence-corrected chi connectivity index (χ0v) is 13.0. The van der Waals surface area contributed by atoms with Crippen LogP contribution in [-0.2, 0) is 0 Å². The summed E-state index contributed by atoms with van der Waals surface area (Å²) in [5.74, 6) is 0. The van der Waals surface area contributed by atoms with Gasteiger partial charge in [0, 0.05) is 6.04 Å². The van der Waals surface area contributed by atoms with Gasteiger partial charge in [-0.3, -0.25) is 4.68 Å². The zero-order valence-electron chi connectivity index (χ0n) is 11.4. The van der Waals surface area contributed by atoms with E-state index in [1.807, 2.05) is 13.2 Å². The summed E-state index contributed by atoms with van der Waals surface area (Å²) in [4.78, 5) is 2.20. The molecule has 1 atom stereocenters. The summed E-state index contributed by atoms with van der Waals surface area (Å²) in [6.45, 7) is 5.37. The van der Waals surface area contributed by atoms with E-state index in [-0.39, 0.29) is 0 Å². The van der Waals surface area contributed by atoms with Crippen LogP contribution in [0.25, 0.3) is 0 Å². The molecule has 0 amide bonds. The minimum Gasteiger partial charge on any atom is -0.312 e. The number of nitrogens with one attached hydrogen (secondary N) is 1. The largest absolute Gasteiger partial charge is 0.312 e. The van der Waals surface area contributed by atoms with Gasteiger partial charge in [-0.2, -0.15) is 5.10 Å².